The molecule has 0 bridgehead atoms. The summed E-state index contributed by atoms with van der Waals surface area (Å²) in [5.74, 6) is -0.248. The van der Waals surface area contributed by atoms with Crippen LogP contribution in [0.1, 0.15) is 15.9 Å². The molecule has 22 heavy (non-hydrogen) atoms. The highest BCUT2D eigenvalue weighted by atomic mass is 19.1. The number of hydrogen-bond donors (Lipinski definition) is 0. The minimum atomic E-state index is -1.26. The van der Waals surface area contributed by atoms with Gasteiger partial charge in [0.2, 0.25) is 0 Å². The van der Waals surface area contributed by atoms with E-state index < -0.39 is 17.0 Å². The molecule has 0 spiro atoms. The van der Waals surface area contributed by atoms with Crippen LogP contribution in [-0.4, -0.2) is 23.5 Å². The Bertz CT molecular complexity index is 744. The number of rotatable bonds is 3. The molecule has 0 amide bonds. The minimum absolute atomic E-state index is 0.212. The average molecular weight is 303 g/mol. The lowest BCUT2D eigenvalue weighted by Crippen LogP contribution is -2.36. The Kier molecular flexibility index (Phi) is 3.46. The quantitative estimate of drug-likeness (QED) is 0.494. The van der Waals surface area contributed by atoms with Crippen LogP contribution in [0.4, 0.5) is 4.39 Å². The summed E-state index contributed by atoms with van der Waals surface area (Å²) in [6.07, 6.45) is -1.26. The van der Waals surface area contributed by atoms with Crippen LogP contribution in [0, 0.1) is 15.9 Å². The lowest BCUT2D eigenvalue weighted by Gasteiger charge is -2.21. The van der Waals surface area contributed by atoms with Crippen molar-refractivity contribution < 1.29 is 23.6 Å². The maximum atomic E-state index is 12.9. The van der Waals surface area contributed by atoms with Crippen molar-refractivity contribution in [2.45, 2.75) is 6.23 Å². The summed E-state index contributed by atoms with van der Waals surface area (Å²) in [4.78, 5) is 22.4. The Hall–Kier alpha value is -2.96. The Morgan fingerprint density at radius 1 is 1.14 bits per heavy atom. The Morgan fingerprint density at radius 2 is 1.82 bits per heavy atom. The molecule has 0 saturated heterocycles. The summed E-state index contributed by atoms with van der Waals surface area (Å²) in [5.41, 5.74) is 0.662. The smallest absolute Gasteiger partial charge is 0.388 e. The van der Waals surface area contributed by atoms with Crippen molar-refractivity contribution in [3.8, 4) is 11.5 Å². The van der Waals surface area contributed by atoms with E-state index in [0.717, 1.165) is 0 Å². The second kappa shape index (κ2) is 5.44. The average Bonchev–Trinajstić information content (AvgIpc) is 2.54. The van der Waals surface area contributed by atoms with Gasteiger partial charge in [0.25, 0.3) is 0 Å². The summed E-state index contributed by atoms with van der Waals surface area (Å²) < 4.78 is 23.3. The van der Waals surface area contributed by atoms with Gasteiger partial charge in [0.1, 0.15) is 5.82 Å². The molecule has 0 N–H and O–H groups in total. The number of carbonyl (C=O) groups excluding carboxylic acids is 1. The summed E-state index contributed by atoms with van der Waals surface area (Å²) >= 11 is 0. The molecule has 0 radical (unpaired) electrons. The van der Waals surface area contributed by atoms with Gasteiger partial charge in [-0.15, -0.1) is 0 Å². The third-order valence-electron chi connectivity index (χ3n) is 3.19. The Morgan fingerprint density at radius 3 is 2.50 bits per heavy atom. The molecule has 6 nitrogen and oxygen atoms in total. The summed E-state index contributed by atoms with van der Waals surface area (Å²) in [6.45, 7) is -0.228. The molecule has 2 aromatic rings. The zero-order chi connectivity index (χ0) is 15.7. The molecule has 1 unspecified atom stereocenters. The zero-order valence-electron chi connectivity index (χ0n) is 11.2. The molecule has 1 atom stereocenters. The van der Waals surface area contributed by atoms with E-state index in [-0.39, 0.29) is 23.9 Å². The van der Waals surface area contributed by atoms with Gasteiger partial charge in [0, 0.05) is 11.1 Å². The third-order valence-corrected chi connectivity index (χ3v) is 3.19. The molecule has 1 aliphatic heterocycles. The number of nitro groups is 1. The lowest BCUT2D eigenvalue weighted by molar-refractivity contribution is -0.567. The maximum absolute atomic E-state index is 12.9. The zero-order valence-corrected chi connectivity index (χ0v) is 11.2. The topological polar surface area (TPSA) is 78.7 Å². The molecule has 7 heteroatoms. The van der Waals surface area contributed by atoms with Crippen molar-refractivity contribution in [2.24, 2.45) is 0 Å². The van der Waals surface area contributed by atoms with E-state index in [1.807, 2.05) is 0 Å². The first-order valence-electron chi connectivity index (χ1n) is 6.42. The van der Waals surface area contributed by atoms with Gasteiger partial charge in [-0.3, -0.25) is 14.9 Å². The normalized spacial score (nSPS) is 16.1. The maximum Gasteiger partial charge on any atom is 0.388 e. The first-order valence-corrected chi connectivity index (χ1v) is 6.42. The van der Waals surface area contributed by atoms with Crippen LogP contribution in [0.2, 0.25) is 0 Å². The Balaban J connectivity index is 1.86. The fourth-order valence-corrected chi connectivity index (χ4v) is 2.07. The minimum Gasteiger partial charge on any atom is -0.478 e. The predicted octanol–water partition coefficient (Wildman–Crippen LogP) is 2.43. The molecule has 3 rings (SSSR count). The van der Waals surface area contributed by atoms with E-state index in [1.54, 1.807) is 0 Å². The van der Waals surface area contributed by atoms with Crippen molar-refractivity contribution in [2.75, 3.05) is 6.61 Å². The Labute approximate surface area is 124 Å². The van der Waals surface area contributed by atoms with Crippen LogP contribution in [0.3, 0.4) is 0 Å². The lowest BCUT2D eigenvalue weighted by atomic mass is 10.0. The van der Waals surface area contributed by atoms with E-state index in [9.17, 15) is 19.3 Å². The molecule has 1 aliphatic rings. The molecule has 112 valence electrons. The van der Waals surface area contributed by atoms with Crippen molar-refractivity contribution in [3.63, 3.8) is 0 Å². The van der Waals surface area contributed by atoms with Crippen LogP contribution in [0.5, 0.6) is 11.5 Å². The van der Waals surface area contributed by atoms with Crippen LogP contribution >= 0.6 is 0 Å². The predicted molar refractivity (Wildman–Crippen MR) is 73.2 cm³/mol. The van der Waals surface area contributed by atoms with Crippen molar-refractivity contribution in [3.05, 3.63) is 69.5 Å². The van der Waals surface area contributed by atoms with Crippen molar-refractivity contribution in [1.29, 1.82) is 0 Å². The molecule has 0 aliphatic carbocycles. The van der Waals surface area contributed by atoms with Gasteiger partial charge in [-0.2, -0.15) is 0 Å². The van der Waals surface area contributed by atoms with Gasteiger partial charge in [0.05, 0.1) is 4.92 Å². The number of carbonyl (C=O) groups is 1. The van der Waals surface area contributed by atoms with Gasteiger partial charge in [-0.05, 0) is 42.5 Å². The second-order valence-corrected chi connectivity index (χ2v) is 4.67. The third kappa shape index (κ3) is 2.60. The fourth-order valence-electron chi connectivity index (χ4n) is 2.07. The number of ketones is 1. The van der Waals surface area contributed by atoms with Gasteiger partial charge in [0.15, 0.2) is 23.9 Å². The van der Waals surface area contributed by atoms with Gasteiger partial charge < -0.3 is 9.47 Å². The van der Waals surface area contributed by atoms with E-state index in [2.05, 4.69) is 0 Å². The van der Waals surface area contributed by atoms with Crippen molar-refractivity contribution >= 4 is 5.78 Å². The first-order chi connectivity index (χ1) is 10.5. The highest BCUT2D eigenvalue weighted by Crippen LogP contribution is 2.33. The largest absolute Gasteiger partial charge is 0.478 e. The monoisotopic (exact) mass is 303 g/mol. The van der Waals surface area contributed by atoms with Crippen LogP contribution in [-0.2, 0) is 0 Å². The molecular weight excluding hydrogens is 293 g/mol. The SMILES string of the molecule is O=C(c1ccc(F)cc1)c1ccc2c(c1)OCC([N+](=O)[O-])O2. The first kappa shape index (κ1) is 14.0. The number of benzene rings is 2. The molecular formula is C15H10FNO5. The van der Waals surface area contributed by atoms with Gasteiger partial charge >= 0.3 is 6.23 Å². The van der Waals surface area contributed by atoms with E-state index in [0.29, 0.717) is 11.1 Å². The number of hydrogen-bond acceptors (Lipinski definition) is 5. The highest BCUT2D eigenvalue weighted by molar-refractivity contribution is 6.09. The number of ether oxygens (including phenoxy) is 2. The molecule has 2 aromatic carbocycles. The fraction of sp³-hybridized carbons (Fsp3) is 0.133. The van der Waals surface area contributed by atoms with Gasteiger partial charge in [-0.1, -0.05) is 0 Å². The van der Waals surface area contributed by atoms with E-state index in [1.165, 1.54) is 42.5 Å². The second-order valence-electron chi connectivity index (χ2n) is 4.67. The van der Waals surface area contributed by atoms with E-state index in [4.69, 9.17) is 9.47 Å². The molecule has 0 saturated carbocycles. The number of nitrogens with zero attached hydrogens (tertiary/aromatic N) is 1. The van der Waals surface area contributed by atoms with Gasteiger partial charge in [-0.25, -0.2) is 4.39 Å². The van der Waals surface area contributed by atoms with Crippen LogP contribution in [0.25, 0.3) is 0 Å². The van der Waals surface area contributed by atoms with Crippen LogP contribution < -0.4 is 9.47 Å². The van der Waals surface area contributed by atoms with Crippen molar-refractivity contribution in [1.82, 2.24) is 0 Å². The number of halogens is 1. The summed E-state index contributed by atoms with van der Waals surface area (Å²) in [7, 11) is 0. The standard InChI is InChI=1S/C15H10FNO5/c16-11-4-1-9(2-5-11)15(18)10-3-6-12-13(7-10)21-8-14(22-12)17(19)20/h1-7,14H,8H2. The number of fused-ring (bicyclic) bond motifs is 1. The molecule has 1 heterocycles. The molecule has 0 aromatic heterocycles. The van der Waals surface area contributed by atoms with E-state index >= 15 is 0 Å². The molecule has 0 fully saturated rings. The summed E-state index contributed by atoms with van der Waals surface area (Å²) in [6, 6.07) is 9.56. The summed E-state index contributed by atoms with van der Waals surface area (Å²) in [5, 5.41) is 10.7. The highest BCUT2D eigenvalue weighted by Gasteiger charge is 2.30. The van der Waals surface area contributed by atoms with Crippen LogP contribution in [0.15, 0.2) is 42.5 Å².